The first-order chi connectivity index (χ1) is 15.5. The van der Waals surface area contributed by atoms with Gasteiger partial charge in [0.25, 0.3) is 0 Å². The Bertz CT molecular complexity index is 805. The normalized spacial score (nSPS) is 15.6. The maximum Gasteiger partial charge on any atom is 0.326 e. The number of hydrogen-bond donors (Lipinski definition) is 6. The monoisotopic (exact) mass is 480 g/mol. The first-order valence-corrected chi connectivity index (χ1v) is 11.7. The Morgan fingerprint density at radius 1 is 0.939 bits per heavy atom. The number of nitrogens with two attached hydrogens (primary N) is 1. The van der Waals surface area contributed by atoms with E-state index in [2.05, 4.69) is 28.6 Å². The lowest BCUT2D eigenvalue weighted by Crippen LogP contribution is -2.59. The van der Waals surface area contributed by atoms with Crippen molar-refractivity contribution in [1.29, 1.82) is 0 Å². The number of rotatable bonds is 13. The summed E-state index contributed by atoms with van der Waals surface area (Å²) >= 11 is 4.16. The first kappa shape index (κ1) is 28.4. The molecule has 0 heterocycles. The van der Waals surface area contributed by atoms with Crippen molar-refractivity contribution in [3.05, 3.63) is 35.9 Å². The standard InChI is InChI=1S/C23H36N4O5S/c1-5-14(4)19(22(30)26-18(13(2)3)23(31)32)27-21(29)17(12-33)25-20(28)16(24)11-15-9-7-6-8-10-15/h6-10,13-14,16-19,33H,5,11-12,24H2,1-4H3,(H,25,28)(H,26,30)(H,27,29)(H,31,32). The Kier molecular flexibility index (Phi) is 11.9. The van der Waals surface area contributed by atoms with Crippen molar-refractivity contribution < 1.29 is 24.3 Å². The minimum absolute atomic E-state index is 0.00573. The van der Waals surface area contributed by atoms with Gasteiger partial charge in [0, 0.05) is 5.75 Å². The molecule has 0 aliphatic carbocycles. The molecule has 33 heavy (non-hydrogen) atoms. The zero-order valence-electron chi connectivity index (χ0n) is 19.6. The van der Waals surface area contributed by atoms with Crippen LogP contribution >= 0.6 is 12.6 Å². The van der Waals surface area contributed by atoms with E-state index in [0.29, 0.717) is 12.8 Å². The third kappa shape index (κ3) is 9.05. The molecule has 3 amide bonds. The Labute approximate surface area is 200 Å². The average Bonchev–Trinajstić information content (AvgIpc) is 2.78. The van der Waals surface area contributed by atoms with Gasteiger partial charge in [-0.1, -0.05) is 64.4 Å². The van der Waals surface area contributed by atoms with Crippen molar-refractivity contribution in [3.63, 3.8) is 0 Å². The highest BCUT2D eigenvalue weighted by Gasteiger charge is 2.33. The predicted molar refractivity (Wildman–Crippen MR) is 130 cm³/mol. The van der Waals surface area contributed by atoms with Crippen molar-refractivity contribution in [3.8, 4) is 0 Å². The topological polar surface area (TPSA) is 151 Å². The van der Waals surface area contributed by atoms with Gasteiger partial charge in [0.15, 0.2) is 0 Å². The number of nitrogens with one attached hydrogen (secondary N) is 3. The Morgan fingerprint density at radius 2 is 1.52 bits per heavy atom. The number of thiol groups is 1. The van der Waals surface area contributed by atoms with Crippen molar-refractivity contribution in [2.24, 2.45) is 17.6 Å². The lowest BCUT2D eigenvalue weighted by molar-refractivity contribution is -0.144. The summed E-state index contributed by atoms with van der Waals surface area (Å²) in [7, 11) is 0. The first-order valence-electron chi connectivity index (χ1n) is 11.1. The van der Waals surface area contributed by atoms with Gasteiger partial charge in [-0.15, -0.1) is 0 Å². The molecule has 0 aliphatic rings. The summed E-state index contributed by atoms with van der Waals surface area (Å²) in [6.45, 7) is 7.00. The highest BCUT2D eigenvalue weighted by atomic mass is 32.1. The fraction of sp³-hybridized carbons (Fsp3) is 0.565. The van der Waals surface area contributed by atoms with E-state index in [-0.39, 0.29) is 17.6 Å². The van der Waals surface area contributed by atoms with Crippen molar-refractivity contribution in [1.82, 2.24) is 16.0 Å². The second-order valence-corrected chi connectivity index (χ2v) is 8.85. The molecular weight excluding hydrogens is 444 g/mol. The summed E-state index contributed by atoms with van der Waals surface area (Å²) in [6.07, 6.45) is 0.870. The van der Waals surface area contributed by atoms with E-state index >= 15 is 0 Å². The number of carbonyl (C=O) groups is 4. The molecule has 0 bridgehead atoms. The summed E-state index contributed by atoms with van der Waals surface area (Å²) in [4.78, 5) is 49.7. The number of carboxylic acid groups (broad SMARTS) is 1. The predicted octanol–water partition coefficient (Wildman–Crippen LogP) is 0.727. The summed E-state index contributed by atoms with van der Waals surface area (Å²) in [5.74, 6) is -3.47. The molecule has 0 saturated carbocycles. The molecule has 0 spiro atoms. The molecule has 1 aromatic rings. The molecule has 184 valence electrons. The molecule has 1 rings (SSSR count). The number of carboxylic acids is 1. The highest BCUT2D eigenvalue weighted by Crippen LogP contribution is 2.11. The molecule has 0 radical (unpaired) electrons. The van der Waals surface area contributed by atoms with E-state index in [1.54, 1.807) is 20.8 Å². The molecule has 9 nitrogen and oxygen atoms in total. The van der Waals surface area contributed by atoms with Crippen LogP contribution in [0.4, 0.5) is 0 Å². The van der Waals surface area contributed by atoms with Gasteiger partial charge in [-0.3, -0.25) is 14.4 Å². The smallest absolute Gasteiger partial charge is 0.326 e. The van der Waals surface area contributed by atoms with Crippen molar-refractivity contribution in [2.45, 2.75) is 64.7 Å². The maximum atomic E-state index is 12.9. The van der Waals surface area contributed by atoms with Gasteiger partial charge >= 0.3 is 5.97 Å². The van der Waals surface area contributed by atoms with Crippen LogP contribution in [0.15, 0.2) is 30.3 Å². The molecule has 0 aliphatic heterocycles. The van der Waals surface area contributed by atoms with Crippen LogP contribution in [-0.2, 0) is 25.6 Å². The molecule has 0 saturated heterocycles. The summed E-state index contributed by atoms with van der Waals surface area (Å²) in [5.41, 5.74) is 6.88. The molecular formula is C23H36N4O5S. The number of hydrogen-bond acceptors (Lipinski definition) is 6. The Morgan fingerprint density at radius 3 is 2.00 bits per heavy atom. The molecule has 1 aromatic carbocycles. The van der Waals surface area contributed by atoms with Gasteiger partial charge in [0.05, 0.1) is 6.04 Å². The number of aliphatic carboxylic acids is 1. The molecule has 0 fully saturated rings. The Hall–Kier alpha value is -2.59. The van der Waals surface area contributed by atoms with E-state index in [0.717, 1.165) is 5.56 Å². The van der Waals surface area contributed by atoms with Gasteiger partial charge in [-0.05, 0) is 23.8 Å². The third-order valence-electron chi connectivity index (χ3n) is 5.47. The number of benzene rings is 1. The van der Waals surface area contributed by atoms with Crippen molar-refractivity contribution in [2.75, 3.05) is 5.75 Å². The van der Waals surface area contributed by atoms with Crippen LogP contribution in [0.3, 0.4) is 0 Å². The van der Waals surface area contributed by atoms with Gasteiger partial charge < -0.3 is 26.8 Å². The third-order valence-corrected chi connectivity index (χ3v) is 5.84. The van der Waals surface area contributed by atoms with Crippen LogP contribution in [0.25, 0.3) is 0 Å². The van der Waals surface area contributed by atoms with Crippen LogP contribution in [-0.4, -0.2) is 58.7 Å². The largest absolute Gasteiger partial charge is 0.480 e. The Balaban J connectivity index is 2.85. The zero-order chi connectivity index (χ0) is 25.1. The van der Waals surface area contributed by atoms with Crippen LogP contribution in [0, 0.1) is 11.8 Å². The molecule has 0 aromatic heterocycles. The summed E-state index contributed by atoms with van der Waals surface area (Å²) in [6, 6.07) is 5.33. The quantitative estimate of drug-likeness (QED) is 0.229. The highest BCUT2D eigenvalue weighted by molar-refractivity contribution is 7.80. The van der Waals surface area contributed by atoms with Crippen LogP contribution in [0.1, 0.15) is 39.7 Å². The van der Waals surface area contributed by atoms with E-state index in [1.807, 2.05) is 37.3 Å². The van der Waals surface area contributed by atoms with Gasteiger partial charge in [0.1, 0.15) is 18.1 Å². The second kappa shape index (κ2) is 13.8. The fourth-order valence-electron chi connectivity index (χ4n) is 3.15. The molecule has 5 unspecified atom stereocenters. The van der Waals surface area contributed by atoms with Gasteiger partial charge in [-0.25, -0.2) is 4.79 Å². The van der Waals surface area contributed by atoms with Crippen LogP contribution in [0.5, 0.6) is 0 Å². The fourth-order valence-corrected chi connectivity index (χ4v) is 3.40. The van der Waals surface area contributed by atoms with E-state index in [4.69, 9.17) is 5.73 Å². The summed E-state index contributed by atoms with van der Waals surface area (Å²) < 4.78 is 0. The van der Waals surface area contributed by atoms with E-state index < -0.39 is 47.9 Å². The number of amides is 3. The minimum atomic E-state index is -1.15. The van der Waals surface area contributed by atoms with E-state index in [9.17, 15) is 24.3 Å². The minimum Gasteiger partial charge on any atom is -0.480 e. The average molecular weight is 481 g/mol. The van der Waals surface area contributed by atoms with Crippen LogP contribution in [0.2, 0.25) is 0 Å². The second-order valence-electron chi connectivity index (χ2n) is 8.48. The molecule has 5 atom stereocenters. The van der Waals surface area contributed by atoms with Gasteiger partial charge in [0.2, 0.25) is 17.7 Å². The lowest BCUT2D eigenvalue weighted by Gasteiger charge is -2.28. The summed E-state index contributed by atoms with van der Waals surface area (Å²) in [5, 5.41) is 17.1. The maximum absolute atomic E-state index is 12.9. The van der Waals surface area contributed by atoms with Crippen molar-refractivity contribution >= 4 is 36.3 Å². The van der Waals surface area contributed by atoms with Crippen LogP contribution < -0.4 is 21.7 Å². The zero-order valence-corrected chi connectivity index (χ0v) is 20.5. The SMILES string of the molecule is CCC(C)C(NC(=O)C(CS)NC(=O)C(N)Cc1ccccc1)C(=O)NC(C(=O)O)C(C)C. The number of carbonyl (C=O) groups excluding carboxylic acids is 3. The molecule has 10 heteroatoms. The lowest BCUT2D eigenvalue weighted by atomic mass is 9.96. The molecule has 6 N–H and O–H groups in total. The van der Waals surface area contributed by atoms with E-state index in [1.165, 1.54) is 0 Å². The van der Waals surface area contributed by atoms with Gasteiger partial charge in [-0.2, -0.15) is 12.6 Å².